The van der Waals surface area contributed by atoms with E-state index in [4.69, 9.17) is 0 Å². The summed E-state index contributed by atoms with van der Waals surface area (Å²) in [5.74, 6) is 0. The number of aliphatic hydroxyl groups excluding tert-OH is 1. The Morgan fingerprint density at radius 2 is 1.75 bits per heavy atom. The van der Waals surface area contributed by atoms with Crippen molar-refractivity contribution in [1.29, 1.82) is 0 Å². The van der Waals surface area contributed by atoms with Gasteiger partial charge in [-0.05, 0) is 69.2 Å². The van der Waals surface area contributed by atoms with Crippen molar-refractivity contribution in [3.63, 3.8) is 0 Å². The minimum Gasteiger partial charge on any atom is -0.388 e. The summed E-state index contributed by atoms with van der Waals surface area (Å²) in [5.41, 5.74) is 2.74. The van der Waals surface area contributed by atoms with Gasteiger partial charge < -0.3 is 10.0 Å². The first-order valence-electron chi connectivity index (χ1n) is 8.28. The molecule has 0 aromatic heterocycles. The van der Waals surface area contributed by atoms with Crippen LogP contribution in [0.5, 0.6) is 0 Å². The SMILES string of the molecule is OC1c2ccccc2CC12CCC(N1CCCC1)CC2. The molecule has 1 heterocycles. The third kappa shape index (κ3) is 1.93. The highest BCUT2D eigenvalue weighted by Crippen LogP contribution is 2.54. The summed E-state index contributed by atoms with van der Waals surface area (Å²) >= 11 is 0. The highest BCUT2D eigenvalue weighted by Gasteiger charge is 2.47. The second-order valence-corrected chi connectivity index (χ2v) is 7.11. The van der Waals surface area contributed by atoms with Gasteiger partial charge >= 0.3 is 0 Å². The average molecular weight is 271 g/mol. The van der Waals surface area contributed by atoms with E-state index in [2.05, 4.69) is 29.2 Å². The van der Waals surface area contributed by atoms with E-state index in [1.165, 1.54) is 62.7 Å². The van der Waals surface area contributed by atoms with E-state index in [1.807, 2.05) is 0 Å². The molecule has 1 aromatic carbocycles. The quantitative estimate of drug-likeness (QED) is 0.847. The Balaban J connectivity index is 1.49. The Morgan fingerprint density at radius 3 is 2.45 bits per heavy atom. The molecule has 1 spiro atoms. The lowest BCUT2D eigenvalue weighted by molar-refractivity contribution is -0.00904. The minimum absolute atomic E-state index is 0.153. The Kier molecular flexibility index (Phi) is 3.12. The number of hydrogen-bond donors (Lipinski definition) is 1. The maximum atomic E-state index is 10.8. The van der Waals surface area contributed by atoms with E-state index < -0.39 is 0 Å². The number of likely N-dealkylation sites (tertiary alicyclic amines) is 1. The number of aliphatic hydroxyl groups is 1. The van der Waals surface area contributed by atoms with Crippen LogP contribution in [0.1, 0.15) is 55.8 Å². The molecule has 20 heavy (non-hydrogen) atoms. The predicted molar refractivity (Wildman–Crippen MR) is 80.6 cm³/mol. The van der Waals surface area contributed by atoms with Crippen molar-refractivity contribution in [2.45, 2.75) is 57.1 Å². The normalized spacial score (nSPS) is 37.5. The lowest BCUT2D eigenvalue weighted by Crippen LogP contribution is -2.41. The Morgan fingerprint density at radius 1 is 1.05 bits per heavy atom. The van der Waals surface area contributed by atoms with E-state index >= 15 is 0 Å². The van der Waals surface area contributed by atoms with Gasteiger partial charge in [0.1, 0.15) is 0 Å². The molecule has 2 aliphatic carbocycles. The summed E-state index contributed by atoms with van der Waals surface area (Å²) in [6, 6.07) is 9.30. The minimum atomic E-state index is -0.224. The molecular weight excluding hydrogens is 246 g/mol. The van der Waals surface area contributed by atoms with Crippen LogP contribution in [0.15, 0.2) is 24.3 Å². The molecule has 0 amide bonds. The largest absolute Gasteiger partial charge is 0.388 e. The zero-order valence-electron chi connectivity index (χ0n) is 12.2. The summed E-state index contributed by atoms with van der Waals surface area (Å²) in [7, 11) is 0. The van der Waals surface area contributed by atoms with Crippen molar-refractivity contribution in [2.75, 3.05) is 13.1 Å². The fourth-order valence-electron chi connectivity index (χ4n) is 4.87. The monoisotopic (exact) mass is 271 g/mol. The second kappa shape index (κ2) is 4.85. The molecular formula is C18H25NO. The van der Waals surface area contributed by atoms with Gasteiger partial charge in [0.05, 0.1) is 6.10 Å². The third-order valence-corrected chi connectivity index (χ3v) is 6.08. The average Bonchev–Trinajstić information content (AvgIpc) is 3.09. The van der Waals surface area contributed by atoms with Crippen LogP contribution in [0.25, 0.3) is 0 Å². The molecule has 1 atom stereocenters. The van der Waals surface area contributed by atoms with Gasteiger partial charge in [0.15, 0.2) is 0 Å². The van der Waals surface area contributed by atoms with Crippen LogP contribution in [0.2, 0.25) is 0 Å². The molecule has 1 saturated heterocycles. The van der Waals surface area contributed by atoms with E-state index in [9.17, 15) is 5.11 Å². The zero-order valence-corrected chi connectivity index (χ0v) is 12.2. The molecule has 1 aromatic rings. The predicted octanol–water partition coefficient (Wildman–Crippen LogP) is 3.30. The molecule has 1 N–H and O–H groups in total. The van der Waals surface area contributed by atoms with Gasteiger partial charge in [-0.15, -0.1) is 0 Å². The number of hydrogen-bond acceptors (Lipinski definition) is 2. The van der Waals surface area contributed by atoms with Crippen molar-refractivity contribution in [1.82, 2.24) is 4.90 Å². The van der Waals surface area contributed by atoms with Gasteiger partial charge in [0, 0.05) is 11.5 Å². The first-order chi connectivity index (χ1) is 9.78. The van der Waals surface area contributed by atoms with Crippen LogP contribution >= 0.6 is 0 Å². The van der Waals surface area contributed by atoms with E-state index in [0.29, 0.717) is 0 Å². The van der Waals surface area contributed by atoms with E-state index in [0.717, 1.165) is 12.5 Å². The summed E-state index contributed by atoms with van der Waals surface area (Å²) in [4.78, 5) is 2.70. The Bertz CT molecular complexity index is 484. The van der Waals surface area contributed by atoms with Crippen molar-refractivity contribution >= 4 is 0 Å². The van der Waals surface area contributed by atoms with Crippen LogP contribution in [0, 0.1) is 5.41 Å². The van der Waals surface area contributed by atoms with Gasteiger partial charge in [-0.1, -0.05) is 24.3 Å². The first-order valence-corrected chi connectivity index (χ1v) is 8.28. The van der Waals surface area contributed by atoms with Gasteiger partial charge in [0.2, 0.25) is 0 Å². The van der Waals surface area contributed by atoms with Gasteiger partial charge in [-0.2, -0.15) is 0 Å². The number of nitrogens with zero attached hydrogens (tertiary/aromatic N) is 1. The Labute approximate surface area is 121 Å². The summed E-state index contributed by atoms with van der Waals surface area (Å²) < 4.78 is 0. The standard InChI is InChI=1S/C18H25NO/c20-17-16-6-2-1-5-14(16)13-18(17)9-7-15(8-10-18)19-11-3-4-12-19/h1-2,5-6,15,17,20H,3-4,7-13H2. The van der Waals surface area contributed by atoms with Gasteiger partial charge in [0.25, 0.3) is 0 Å². The Hall–Kier alpha value is -0.860. The molecule has 0 bridgehead atoms. The zero-order chi connectivity index (χ0) is 13.6. The fraction of sp³-hybridized carbons (Fsp3) is 0.667. The number of rotatable bonds is 1. The lowest BCUT2D eigenvalue weighted by Gasteiger charge is -2.42. The van der Waals surface area contributed by atoms with Crippen LogP contribution in [-0.2, 0) is 6.42 Å². The fourth-order valence-corrected chi connectivity index (χ4v) is 4.87. The van der Waals surface area contributed by atoms with Gasteiger partial charge in [-0.3, -0.25) is 0 Å². The van der Waals surface area contributed by atoms with Crippen molar-refractivity contribution in [3.05, 3.63) is 35.4 Å². The van der Waals surface area contributed by atoms with Crippen molar-refractivity contribution < 1.29 is 5.11 Å². The number of fused-ring (bicyclic) bond motifs is 1. The van der Waals surface area contributed by atoms with E-state index in [1.54, 1.807) is 0 Å². The lowest BCUT2D eigenvalue weighted by atomic mass is 9.69. The van der Waals surface area contributed by atoms with Crippen LogP contribution in [0.3, 0.4) is 0 Å². The molecule has 1 unspecified atom stereocenters. The molecule has 2 nitrogen and oxygen atoms in total. The smallest absolute Gasteiger partial charge is 0.0852 e. The highest BCUT2D eigenvalue weighted by molar-refractivity contribution is 5.37. The summed E-state index contributed by atoms with van der Waals surface area (Å²) in [5, 5.41) is 10.8. The van der Waals surface area contributed by atoms with E-state index in [-0.39, 0.29) is 11.5 Å². The topological polar surface area (TPSA) is 23.5 Å². The molecule has 2 fully saturated rings. The summed E-state index contributed by atoms with van der Waals surface area (Å²) in [6.07, 6.45) is 8.60. The van der Waals surface area contributed by atoms with Crippen LogP contribution < -0.4 is 0 Å². The molecule has 1 saturated carbocycles. The van der Waals surface area contributed by atoms with Crippen molar-refractivity contribution in [2.24, 2.45) is 5.41 Å². The maximum Gasteiger partial charge on any atom is 0.0852 e. The molecule has 2 heteroatoms. The molecule has 0 radical (unpaired) electrons. The molecule has 3 aliphatic rings. The van der Waals surface area contributed by atoms with Crippen LogP contribution in [-0.4, -0.2) is 29.1 Å². The maximum absolute atomic E-state index is 10.8. The molecule has 1 aliphatic heterocycles. The van der Waals surface area contributed by atoms with Crippen LogP contribution in [0.4, 0.5) is 0 Å². The second-order valence-electron chi connectivity index (χ2n) is 7.11. The van der Waals surface area contributed by atoms with Crippen molar-refractivity contribution in [3.8, 4) is 0 Å². The first kappa shape index (κ1) is 12.8. The number of benzene rings is 1. The summed E-state index contributed by atoms with van der Waals surface area (Å²) in [6.45, 7) is 2.61. The third-order valence-electron chi connectivity index (χ3n) is 6.08. The molecule has 108 valence electrons. The molecule has 4 rings (SSSR count). The highest BCUT2D eigenvalue weighted by atomic mass is 16.3. The van der Waals surface area contributed by atoms with Gasteiger partial charge in [-0.25, -0.2) is 0 Å².